The Balaban J connectivity index is 0.000000671. The molecule has 0 bridgehead atoms. The average molecular weight is 184 g/mol. The van der Waals surface area contributed by atoms with Crippen molar-refractivity contribution in [2.75, 3.05) is 0 Å². The molecule has 0 saturated heterocycles. The van der Waals surface area contributed by atoms with Gasteiger partial charge in [0.15, 0.2) is 5.82 Å². The predicted molar refractivity (Wildman–Crippen MR) is 46.9 cm³/mol. The standard InChI is InChI=1S/C5H6N4O2.C2H6/c1-4-6-7-8-9(4)3-2-5(10)11;1-2/h2-3H,1H3,(H,10,11);1-2H3/b3-2-;. The number of hydrogen-bond donors (Lipinski definition) is 1. The lowest BCUT2D eigenvalue weighted by atomic mass is 10.6. The van der Waals surface area contributed by atoms with Gasteiger partial charge in [-0.05, 0) is 17.4 Å². The van der Waals surface area contributed by atoms with E-state index in [4.69, 9.17) is 5.11 Å². The molecule has 0 unspecified atom stereocenters. The minimum Gasteiger partial charge on any atom is -0.478 e. The second kappa shape index (κ2) is 5.87. The smallest absolute Gasteiger partial charge is 0.329 e. The molecule has 0 aromatic carbocycles. The molecule has 0 spiro atoms. The van der Waals surface area contributed by atoms with Crippen LogP contribution in [0.3, 0.4) is 0 Å². The first-order valence-corrected chi connectivity index (χ1v) is 3.86. The maximum absolute atomic E-state index is 10.0. The van der Waals surface area contributed by atoms with Crippen LogP contribution in [0.5, 0.6) is 0 Å². The van der Waals surface area contributed by atoms with Crippen LogP contribution in [-0.4, -0.2) is 31.3 Å². The highest BCUT2D eigenvalue weighted by Crippen LogP contribution is 1.88. The van der Waals surface area contributed by atoms with Gasteiger partial charge in [0.05, 0.1) is 0 Å². The van der Waals surface area contributed by atoms with Crippen molar-refractivity contribution in [1.82, 2.24) is 20.2 Å². The number of aromatic nitrogens is 4. The maximum atomic E-state index is 10.0. The van der Waals surface area contributed by atoms with Crippen LogP contribution in [0.4, 0.5) is 0 Å². The third kappa shape index (κ3) is 4.00. The van der Waals surface area contributed by atoms with E-state index >= 15 is 0 Å². The summed E-state index contributed by atoms with van der Waals surface area (Å²) in [5.74, 6) is -0.484. The summed E-state index contributed by atoms with van der Waals surface area (Å²) < 4.78 is 1.27. The molecule has 1 N–H and O–H groups in total. The van der Waals surface area contributed by atoms with Gasteiger partial charge in [0, 0.05) is 12.3 Å². The van der Waals surface area contributed by atoms with Crippen molar-refractivity contribution in [2.45, 2.75) is 20.8 Å². The van der Waals surface area contributed by atoms with Crippen molar-refractivity contribution < 1.29 is 9.90 Å². The quantitative estimate of drug-likeness (QED) is 0.679. The van der Waals surface area contributed by atoms with Gasteiger partial charge in [0.1, 0.15) is 0 Å². The second-order valence-electron chi connectivity index (χ2n) is 1.82. The molecule has 0 aliphatic rings. The third-order valence-electron chi connectivity index (χ3n) is 1.02. The van der Waals surface area contributed by atoms with Gasteiger partial charge in [0.25, 0.3) is 0 Å². The SMILES string of the molecule is CC.Cc1nnnn1/C=C\C(=O)O. The minimum atomic E-state index is -1.03. The number of hydrogen-bond acceptors (Lipinski definition) is 4. The van der Waals surface area contributed by atoms with Crippen LogP contribution >= 0.6 is 0 Å². The Kier molecular flexibility index (Phi) is 5.09. The Hall–Kier alpha value is -1.72. The van der Waals surface area contributed by atoms with Crippen molar-refractivity contribution in [3.63, 3.8) is 0 Å². The molecule has 1 rings (SSSR count). The summed E-state index contributed by atoms with van der Waals surface area (Å²) >= 11 is 0. The van der Waals surface area contributed by atoms with E-state index < -0.39 is 5.97 Å². The number of rotatable bonds is 2. The molecule has 0 fully saturated rings. The molecule has 72 valence electrons. The molecule has 0 saturated carbocycles. The molecule has 0 aliphatic heterocycles. The lowest BCUT2D eigenvalue weighted by Crippen LogP contribution is -1.95. The number of tetrazole rings is 1. The fourth-order valence-electron chi connectivity index (χ4n) is 0.510. The van der Waals surface area contributed by atoms with E-state index in [0.717, 1.165) is 6.08 Å². The van der Waals surface area contributed by atoms with E-state index in [1.54, 1.807) is 6.92 Å². The highest BCUT2D eigenvalue weighted by molar-refractivity contribution is 5.82. The first-order chi connectivity index (χ1) is 6.20. The number of carboxylic acid groups (broad SMARTS) is 1. The summed E-state index contributed by atoms with van der Waals surface area (Å²) in [4.78, 5) is 10.0. The molecule has 13 heavy (non-hydrogen) atoms. The van der Waals surface area contributed by atoms with Gasteiger partial charge in [0.2, 0.25) is 0 Å². The minimum absolute atomic E-state index is 0.544. The molecular weight excluding hydrogens is 172 g/mol. The molecular formula is C7H12N4O2. The van der Waals surface area contributed by atoms with Crippen molar-refractivity contribution in [3.05, 3.63) is 11.9 Å². The molecule has 6 heteroatoms. The average Bonchev–Trinajstić information content (AvgIpc) is 2.51. The Morgan fingerprint density at radius 3 is 2.54 bits per heavy atom. The third-order valence-corrected chi connectivity index (χ3v) is 1.02. The fourth-order valence-corrected chi connectivity index (χ4v) is 0.510. The van der Waals surface area contributed by atoms with Gasteiger partial charge in [-0.15, -0.1) is 5.10 Å². The predicted octanol–water partition coefficient (Wildman–Crippen LogP) is 0.563. The second-order valence-corrected chi connectivity index (χ2v) is 1.82. The van der Waals surface area contributed by atoms with Gasteiger partial charge >= 0.3 is 5.97 Å². The molecule has 0 aliphatic carbocycles. The normalized spacial score (nSPS) is 9.46. The van der Waals surface area contributed by atoms with Crippen molar-refractivity contribution in [3.8, 4) is 0 Å². The number of carboxylic acids is 1. The van der Waals surface area contributed by atoms with Gasteiger partial charge < -0.3 is 5.11 Å². The number of aliphatic carboxylic acids is 1. The van der Waals surface area contributed by atoms with Gasteiger partial charge in [-0.3, -0.25) is 0 Å². The van der Waals surface area contributed by atoms with Crippen LogP contribution < -0.4 is 0 Å². The van der Waals surface area contributed by atoms with Gasteiger partial charge in [-0.25, -0.2) is 9.48 Å². The number of aryl methyl sites for hydroxylation is 1. The first kappa shape index (κ1) is 11.3. The fraction of sp³-hybridized carbons (Fsp3) is 0.429. The zero-order valence-electron chi connectivity index (χ0n) is 7.80. The van der Waals surface area contributed by atoms with Crippen LogP contribution in [0.1, 0.15) is 19.7 Å². The highest BCUT2D eigenvalue weighted by Gasteiger charge is 1.94. The Bertz CT molecular complexity index is 292. The summed E-state index contributed by atoms with van der Waals surface area (Å²) in [6, 6.07) is 0. The number of nitrogens with zero attached hydrogens (tertiary/aromatic N) is 4. The zero-order valence-corrected chi connectivity index (χ0v) is 7.80. The molecule has 0 amide bonds. The molecule has 0 radical (unpaired) electrons. The monoisotopic (exact) mass is 184 g/mol. The molecule has 1 heterocycles. The lowest BCUT2D eigenvalue weighted by Gasteiger charge is -1.87. The Morgan fingerprint density at radius 1 is 1.54 bits per heavy atom. The molecule has 6 nitrogen and oxygen atoms in total. The van der Waals surface area contributed by atoms with E-state index in [2.05, 4.69) is 15.5 Å². The Morgan fingerprint density at radius 2 is 2.15 bits per heavy atom. The van der Waals surface area contributed by atoms with Crippen molar-refractivity contribution in [2.24, 2.45) is 0 Å². The van der Waals surface area contributed by atoms with E-state index in [-0.39, 0.29) is 0 Å². The highest BCUT2D eigenvalue weighted by atomic mass is 16.4. The Labute approximate surface area is 75.9 Å². The van der Waals surface area contributed by atoms with E-state index in [9.17, 15) is 4.79 Å². The van der Waals surface area contributed by atoms with E-state index in [1.807, 2.05) is 13.8 Å². The summed E-state index contributed by atoms with van der Waals surface area (Å²) in [5, 5.41) is 18.6. The molecule has 1 aromatic rings. The van der Waals surface area contributed by atoms with Crippen LogP contribution in [0.25, 0.3) is 6.20 Å². The largest absolute Gasteiger partial charge is 0.478 e. The summed E-state index contributed by atoms with van der Waals surface area (Å²) in [5.41, 5.74) is 0. The van der Waals surface area contributed by atoms with Crippen molar-refractivity contribution in [1.29, 1.82) is 0 Å². The topological polar surface area (TPSA) is 80.9 Å². The van der Waals surface area contributed by atoms with Gasteiger partial charge in [-0.1, -0.05) is 13.8 Å². The van der Waals surface area contributed by atoms with E-state index in [0.29, 0.717) is 5.82 Å². The van der Waals surface area contributed by atoms with Gasteiger partial charge in [-0.2, -0.15) is 0 Å². The van der Waals surface area contributed by atoms with Crippen LogP contribution in [0, 0.1) is 6.92 Å². The zero-order chi connectivity index (χ0) is 10.3. The lowest BCUT2D eigenvalue weighted by molar-refractivity contribution is -0.131. The van der Waals surface area contributed by atoms with Crippen LogP contribution in [0.2, 0.25) is 0 Å². The van der Waals surface area contributed by atoms with Crippen LogP contribution in [-0.2, 0) is 4.79 Å². The summed E-state index contributed by atoms with van der Waals surface area (Å²) in [7, 11) is 0. The summed E-state index contributed by atoms with van der Waals surface area (Å²) in [6.45, 7) is 5.67. The summed E-state index contributed by atoms with van der Waals surface area (Å²) in [6.07, 6.45) is 2.24. The molecule has 1 aromatic heterocycles. The maximum Gasteiger partial charge on any atom is 0.329 e. The first-order valence-electron chi connectivity index (χ1n) is 3.86. The van der Waals surface area contributed by atoms with E-state index in [1.165, 1.54) is 10.9 Å². The van der Waals surface area contributed by atoms with Crippen LogP contribution in [0.15, 0.2) is 6.08 Å². The van der Waals surface area contributed by atoms with Crippen molar-refractivity contribution >= 4 is 12.2 Å². The molecule has 0 atom stereocenters. The number of carbonyl (C=O) groups is 1.